The van der Waals surface area contributed by atoms with Crippen LogP contribution in [-0.4, -0.2) is 63.4 Å². The molecule has 0 radical (unpaired) electrons. The lowest BCUT2D eigenvalue weighted by Crippen LogP contribution is -2.60. The fourth-order valence-electron chi connectivity index (χ4n) is 4.63. The number of ether oxygens (including phenoxy) is 2. The highest BCUT2D eigenvalue weighted by molar-refractivity contribution is 5.79. The molecule has 0 amide bonds. The van der Waals surface area contributed by atoms with Gasteiger partial charge in [0.15, 0.2) is 0 Å². The van der Waals surface area contributed by atoms with Crippen molar-refractivity contribution in [2.75, 3.05) is 40.5 Å². The van der Waals surface area contributed by atoms with E-state index in [1.165, 1.54) is 13.5 Å². The number of nitrogens with zero attached hydrogens (tertiary/aromatic N) is 1. The zero-order chi connectivity index (χ0) is 13.5. The third-order valence-electron chi connectivity index (χ3n) is 5.45. The van der Waals surface area contributed by atoms with Crippen molar-refractivity contribution in [3.8, 4) is 0 Å². The Labute approximate surface area is 114 Å². The molecule has 5 heteroatoms. The van der Waals surface area contributed by atoms with Gasteiger partial charge in [-0.2, -0.15) is 0 Å². The van der Waals surface area contributed by atoms with Crippen LogP contribution >= 0.6 is 0 Å². The molecule has 0 aromatic rings. The number of carbonyl (C=O) groups excluding carboxylic acids is 1. The van der Waals surface area contributed by atoms with E-state index in [9.17, 15) is 4.79 Å². The van der Waals surface area contributed by atoms with Gasteiger partial charge in [-0.1, -0.05) is 0 Å². The second-order valence-electron chi connectivity index (χ2n) is 6.07. The Balaban J connectivity index is 1.89. The normalized spacial score (nSPS) is 41.3. The Morgan fingerprint density at radius 1 is 1.42 bits per heavy atom. The predicted octanol–water partition coefficient (Wildman–Crippen LogP) is 0.248. The number of rotatable bonds is 4. The summed E-state index contributed by atoms with van der Waals surface area (Å²) >= 11 is 0. The number of methoxy groups -OCH3 is 2. The van der Waals surface area contributed by atoms with Gasteiger partial charge in [-0.25, -0.2) is 0 Å². The van der Waals surface area contributed by atoms with Crippen LogP contribution < -0.4 is 5.32 Å². The van der Waals surface area contributed by atoms with Crippen molar-refractivity contribution < 1.29 is 14.3 Å². The van der Waals surface area contributed by atoms with Gasteiger partial charge in [0.1, 0.15) is 0 Å². The molecule has 4 atom stereocenters. The summed E-state index contributed by atoms with van der Waals surface area (Å²) in [6, 6.07) is 0.955. The first-order valence-corrected chi connectivity index (χ1v) is 7.28. The molecule has 19 heavy (non-hydrogen) atoms. The van der Waals surface area contributed by atoms with Crippen LogP contribution in [0.1, 0.15) is 19.3 Å². The number of hydrogen-bond acceptors (Lipinski definition) is 5. The molecule has 108 valence electrons. The van der Waals surface area contributed by atoms with Crippen molar-refractivity contribution in [3.05, 3.63) is 0 Å². The standard InChI is InChI=1S/C14H24N2O3/c1-18-6-5-16-11-3-4-12(16)14(13(17)19-2)9-15-8-10(14)7-11/h10-12,15H,3-9H2,1-2H3. The van der Waals surface area contributed by atoms with Gasteiger partial charge in [0.2, 0.25) is 0 Å². The first-order valence-electron chi connectivity index (χ1n) is 7.28. The first-order chi connectivity index (χ1) is 9.24. The molecule has 4 unspecified atom stereocenters. The van der Waals surface area contributed by atoms with Gasteiger partial charge in [0.25, 0.3) is 0 Å². The van der Waals surface area contributed by atoms with Crippen molar-refractivity contribution in [1.29, 1.82) is 0 Å². The molecule has 0 aromatic carbocycles. The Hall–Kier alpha value is -0.650. The summed E-state index contributed by atoms with van der Waals surface area (Å²) in [7, 11) is 3.26. The average Bonchev–Trinajstić information content (AvgIpc) is 2.99. The molecule has 3 aliphatic heterocycles. The van der Waals surface area contributed by atoms with E-state index in [-0.39, 0.29) is 11.4 Å². The van der Waals surface area contributed by atoms with Crippen molar-refractivity contribution in [1.82, 2.24) is 10.2 Å². The zero-order valence-electron chi connectivity index (χ0n) is 11.9. The molecule has 0 aliphatic carbocycles. The van der Waals surface area contributed by atoms with Crippen LogP contribution in [-0.2, 0) is 14.3 Å². The number of hydrogen-bond donors (Lipinski definition) is 1. The van der Waals surface area contributed by atoms with Gasteiger partial charge in [-0.3, -0.25) is 9.69 Å². The number of piperidine rings is 1. The molecule has 3 rings (SSSR count). The molecule has 5 nitrogen and oxygen atoms in total. The number of fused-ring (bicyclic) bond motifs is 4. The maximum Gasteiger partial charge on any atom is 0.315 e. The lowest BCUT2D eigenvalue weighted by atomic mass is 9.68. The van der Waals surface area contributed by atoms with Crippen molar-refractivity contribution in [2.24, 2.45) is 11.3 Å². The number of esters is 1. The average molecular weight is 268 g/mol. The van der Waals surface area contributed by atoms with Gasteiger partial charge in [-0.15, -0.1) is 0 Å². The van der Waals surface area contributed by atoms with E-state index in [4.69, 9.17) is 9.47 Å². The highest BCUT2D eigenvalue weighted by Gasteiger charge is 2.62. The van der Waals surface area contributed by atoms with Crippen LogP contribution in [0.15, 0.2) is 0 Å². The van der Waals surface area contributed by atoms with Crippen molar-refractivity contribution in [2.45, 2.75) is 31.3 Å². The van der Waals surface area contributed by atoms with Gasteiger partial charge in [-0.05, 0) is 31.7 Å². The van der Waals surface area contributed by atoms with Crippen LogP contribution in [0.5, 0.6) is 0 Å². The molecular weight excluding hydrogens is 244 g/mol. The molecule has 0 spiro atoms. The lowest BCUT2D eigenvalue weighted by Gasteiger charge is -2.48. The van der Waals surface area contributed by atoms with Crippen molar-refractivity contribution in [3.63, 3.8) is 0 Å². The van der Waals surface area contributed by atoms with Crippen LogP contribution in [0.25, 0.3) is 0 Å². The molecule has 3 fully saturated rings. The number of carbonyl (C=O) groups is 1. The molecule has 2 bridgehead atoms. The van der Waals surface area contributed by atoms with E-state index in [0.29, 0.717) is 18.0 Å². The minimum absolute atomic E-state index is 0.0183. The van der Waals surface area contributed by atoms with Crippen LogP contribution in [0.3, 0.4) is 0 Å². The smallest absolute Gasteiger partial charge is 0.315 e. The molecular formula is C14H24N2O3. The quantitative estimate of drug-likeness (QED) is 0.741. The van der Waals surface area contributed by atoms with E-state index < -0.39 is 0 Å². The molecule has 1 N–H and O–H groups in total. The van der Waals surface area contributed by atoms with E-state index >= 15 is 0 Å². The molecule has 3 heterocycles. The van der Waals surface area contributed by atoms with Gasteiger partial charge in [0, 0.05) is 32.3 Å². The third-order valence-corrected chi connectivity index (χ3v) is 5.45. The first kappa shape index (κ1) is 13.3. The minimum Gasteiger partial charge on any atom is -0.468 e. The zero-order valence-corrected chi connectivity index (χ0v) is 11.9. The fraction of sp³-hybridized carbons (Fsp3) is 0.929. The fourth-order valence-corrected chi connectivity index (χ4v) is 4.63. The minimum atomic E-state index is -0.324. The lowest BCUT2D eigenvalue weighted by molar-refractivity contribution is -0.163. The predicted molar refractivity (Wildman–Crippen MR) is 70.8 cm³/mol. The Bertz CT molecular complexity index is 363. The highest BCUT2D eigenvalue weighted by Crippen LogP contribution is 2.52. The Kier molecular flexibility index (Phi) is 3.53. The summed E-state index contributed by atoms with van der Waals surface area (Å²) in [4.78, 5) is 15.0. The summed E-state index contributed by atoms with van der Waals surface area (Å²) in [6.07, 6.45) is 3.44. The van der Waals surface area contributed by atoms with E-state index in [2.05, 4.69) is 10.2 Å². The Morgan fingerprint density at radius 3 is 3.00 bits per heavy atom. The second kappa shape index (κ2) is 5.04. The van der Waals surface area contributed by atoms with Crippen molar-refractivity contribution >= 4 is 5.97 Å². The maximum atomic E-state index is 12.5. The highest BCUT2D eigenvalue weighted by atomic mass is 16.5. The van der Waals surface area contributed by atoms with Gasteiger partial charge in [0.05, 0.1) is 19.1 Å². The molecule has 0 saturated carbocycles. The van der Waals surface area contributed by atoms with E-state index in [1.54, 1.807) is 7.11 Å². The van der Waals surface area contributed by atoms with Gasteiger partial charge >= 0.3 is 5.97 Å². The molecule has 3 aliphatic rings. The number of nitrogens with one attached hydrogen (secondary N) is 1. The summed E-state index contributed by atoms with van der Waals surface area (Å²) in [5, 5.41) is 3.42. The van der Waals surface area contributed by atoms with Crippen LogP contribution in [0, 0.1) is 11.3 Å². The molecule has 0 aromatic heterocycles. The largest absolute Gasteiger partial charge is 0.468 e. The van der Waals surface area contributed by atoms with Crippen LogP contribution in [0.2, 0.25) is 0 Å². The second-order valence-corrected chi connectivity index (χ2v) is 6.07. The Morgan fingerprint density at radius 2 is 2.26 bits per heavy atom. The maximum absolute atomic E-state index is 12.5. The van der Waals surface area contributed by atoms with E-state index in [0.717, 1.165) is 39.1 Å². The topological polar surface area (TPSA) is 50.8 Å². The van der Waals surface area contributed by atoms with E-state index in [1.807, 2.05) is 0 Å². The van der Waals surface area contributed by atoms with Crippen LogP contribution in [0.4, 0.5) is 0 Å². The SMILES string of the molecule is COCCN1C2CCC1C1(C(=O)OC)CNCC1C2. The third kappa shape index (κ3) is 1.82. The summed E-state index contributed by atoms with van der Waals surface area (Å²) in [5.41, 5.74) is -0.324. The molecule has 3 saturated heterocycles. The summed E-state index contributed by atoms with van der Waals surface area (Å²) in [6.45, 7) is 3.39. The summed E-state index contributed by atoms with van der Waals surface area (Å²) < 4.78 is 10.4. The summed E-state index contributed by atoms with van der Waals surface area (Å²) in [5.74, 6) is 0.423. The van der Waals surface area contributed by atoms with Gasteiger partial charge < -0.3 is 14.8 Å². The monoisotopic (exact) mass is 268 g/mol.